The van der Waals surface area contributed by atoms with Crippen molar-refractivity contribution in [3.05, 3.63) is 53.1 Å². The third kappa shape index (κ3) is 2.46. The summed E-state index contributed by atoms with van der Waals surface area (Å²) in [5, 5.41) is 11.7. The average molecular weight is 241 g/mol. The minimum atomic E-state index is -0.528. The summed E-state index contributed by atoms with van der Waals surface area (Å²) in [6.07, 6.45) is 0. The zero-order valence-electron chi connectivity index (χ0n) is 10.2. The van der Waals surface area contributed by atoms with E-state index >= 15 is 0 Å². The maximum atomic E-state index is 13.4. The molecule has 0 atom stereocenters. The van der Waals surface area contributed by atoms with Gasteiger partial charge in [0.1, 0.15) is 11.9 Å². The molecule has 3 nitrogen and oxygen atoms in total. The van der Waals surface area contributed by atoms with Gasteiger partial charge in [-0.25, -0.2) is 4.39 Å². The maximum Gasteiger partial charge on any atom is 0.143 e. The third-order valence-electron chi connectivity index (χ3n) is 2.59. The summed E-state index contributed by atoms with van der Waals surface area (Å²) in [4.78, 5) is 4.32. The van der Waals surface area contributed by atoms with Gasteiger partial charge in [-0.3, -0.25) is 4.98 Å². The van der Waals surface area contributed by atoms with Crippen LogP contribution in [0.15, 0.2) is 30.3 Å². The molecular formula is C14H12FN3. The van der Waals surface area contributed by atoms with Gasteiger partial charge in [0.05, 0.1) is 16.9 Å². The average Bonchev–Trinajstić information content (AvgIpc) is 2.33. The SMILES string of the molecule is Cc1ccc(Nc2ccc(C#N)c(F)c2)c(C)n1. The number of rotatable bonds is 2. The van der Waals surface area contributed by atoms with E-state index in [1.165, 1.54) is 12.1 Å². The Balaban J connectivity index is 2.29. The zero-order chi connectivity index (χ0) is 13.1. The maximum absolute atomic E-state index is 13.4. The molecule has 0 saturated carbocycles. The van der Waals surface area contributed by atoms with Crippen molar-refractivity contribution in [3.63, 3.8) is 0 Å². The second kappa shape index (κ2) is 4.84. The highest BCUT2D eigenvalue weighted by Crippen LogP contribution is 2.21. The fourth-order valence-corrected chi connectivity index (χ4v) is 1.66. The molecule has 0 aliphatic heterocycles. The molecule has 1 aromatic carbocycles. The molecule has 0 radical (unpaired) electrons. The van der Waals surface area contributed by atoms with Gasteiger partial charge >= 0.3 is 0 Å². The molecule has 1 aromatic heterocycles. The molecule has 1 N–H and O–H groups in total. The predicted octanol–water partition coefficient (Wildman–Crippen LogP) is 3.45. The molecule has 90 valence electrons. The number of nitrogens with one attached hydrogen (secondary N) is 1. The van der Waals surface area contributed by atoms with Crippen molar-refractivity contribution in [2.24, 2.45) is 0 Å². The molecule has 0 aliphatic rings. The highest BCUT2D eigenvalue weighted by Gasteiger charge is 2.04. The van der Waals surface area contributed by atoms with Gasteiger partial charge in [-0.05, 0) is 44.2 Å². The van der Waals surface area contributed by atoms with Gasteiger partial charge in [-0.1, -0.05) is 0 Å². The molecule has 0 amide bonds. The Labute approximate surface area is 105 Å². The van der Waals surface area contributed by atoms with Crippen LogP contribution in [0.1, 0.15) is 17.0 Å². The van der Waals surface area contributed by atoms with Crippen LogP contribution in [0.4, 0.5) is 15.8 Å². The van der Waals surface area contributed by atoms with E-state index in [0.29, 0.717) is 5.69 Å². The lowest BCUT2D eigenvalue weighted by atomic mass is 10.2. The molecule has 0 unspecified atom stereocenters. The third-order valence-corrected chi connectivity index (χ3v) is 2.59. The van der Waals surface area contributed by atoms with Gasteiger partial charge in [0.25, 0.3) is 0 Å². The topological polar surface area (TPSA) is 48.7 Å². The van der Waals surface area contributed by atoms with Gasteiger partial charge < -0.3 is 5.32 Å². The van der Waals surface area contributed by atoms with Crippen molar-refractivity contribution in [1.29, 1.82) is 5.26 Å². The first-order chi connectivity index (χ1) is 8.60. The van der Waals surface area contributed by atoms with Crippen LogP contribution in [0.25, 0.3) is 0 Å². The first kappa shape index (κ1) is 12.1. The van der Waals surface area contributed by atoms with Crippen LogP contribution >= 0.6 is 0 Å². The van der Waals surface area contributed by atoms with Gasteiger partial charge in [0.2, 0.25) is 0 Å². The number of aryl methyl sites for hydroxylation is 2. The first-order valence-corrected chi connectivity index (χ1v) is 5.51. The molecule has 0 fully saturated rings. The van der Waals surface area contributed by atoms with Gasteiger partial charge in [0, 0.05) is 11.4 Å². The van der Waals surface area contributed by atoms with Crippen LogP contribution in [-0.4, -0.2) is 4.98 Å². The number of hydrogen-bond donors (Lipinski definition) is 1. The predicted molar refractivity (Wildman–Crippen MR) is 68.1 cm³/mol. The summed E-state index contributed by atoms with van der Waals surface area (Å²) in [6.45, 7) is 3.80. The van der Waals surface area contributed by atoms with E-state index in [9.17, 15) is 4.39 Å². The quantitative estimate of drug-likeness (QED) is 0.876. The second-order valence-electron chi connectivity index (χ2n) is 4.02. The lowest BCUT2D eigenvalue weighted by Crippen LogP contribution is -1.97. The van der Waals surface area contributed by atoms with Gasteiger partial charge in [-0.15, -0.1) is 0 Å². The first-order valence-electron chi connectivity index (χ1n) is 5.51. The van der Waals surface area contributed by atoms with Crippen molar-refractivity contribution in [2.45, 2.75) is 13.8 Å². The molecule has 0 spiro atoms. The minimum Gasteiger partial charge on any atom is -0.354 e. The summed E-state index contributed by atoms with van der Waals surface area (Å²) in [6, 6.07) is 9.99. The van der Waals surface area contributed by atoms with E-state index in [4.69, 9.17) is 5.26 Å². The van der Waals surface area contributed by atoms with Crippen LogP contribution in [0.5, 0.6) is 0 Å². The molecule has 0 aliphatic carbocycles. The van der Waals surface area contributed by atoms with Crippen LogP contribution < -0.4 is 5.32 Å². The number of pyridine rings is 1. The number of nitriles is 1. The van der Waals surface area contributed by atoms with E-state index in [1.807, 2.05) is 26.0 Å². The molecule has 4 heteroatoms. The minimum absolute atomic E-state index is 0.0410. The Bertz CT molecular complexity index is 629. The molecule has 1 heterocycles. The monoisotopic (exact) mass is 241 g/mol. The normalized spacial score (nSPS) is 9.89. The van der Waals surface area contributed by atoms with Crippen molar-refractivity contribution in [1.82, 2.24) is 4.98 Å². The highest BCUT2D eigenvalue weighted by molar-refractivity contribution is 5.62. The summed E-state index contributed by atoms with van der Waals surface area (Å²) in [7, 11) is 0. The van der Waals surface area contributed by atoms with E-state index in [2.05, 4.69) is 10.3 Å². The molecule has 18 heavy (non-hydrogen) atoms. The molecule has 0 bridgehead atoms. The highest BCUT2D eigenvalue weighted by atomic mass is 19.1. The largest absolute Gasteiger partial charge is 0.354 e. The Morgan fingerprint density at radius 3 is 2.61 bits per heavy atom. The van der Waals surface area contributed by atoms with Crippen molar-refractivity contribution in [3.8, 4) is 6.07 Å². The van der Waals surface area contributed by atoms with E-state index in [0.717, 1.165) is 17.1 Å². The van der Waals surface area contributed by atoms with E-state index in [-0.39, 0.29) is 5.56 Å². The second-order valence-corrected chi connectivity index (χ2v) is 4.02. The number of anilines is 2. The van der Waals surface area contributed by atoms with E-state index in [1.54, 1.807) is 12.1 Å². The Kier molecular flexibility index (Phi) is 3.24. The lowest BCUT2D eigenvalue weighted by molar-refractivity contribution is 0.624. The number of halogens is 1. The van der Waals surface area contributed by atoms with Crippen LogP contribution in [0, 0.1) is 31.0 Å². The van der Waals surface area contributed by atoms with Crippen molar-refractivity contribution in [2.75, 3.05) is 5.32 Å². The Morgan fingerprint density at radius 2 is 2.00 bits per heavy atom. The molecule has 0 saturated heterocycles. The standard InChI is InChI=1S/C14H12FN3/c1-9-3-6-14(10(2)17-9)18-12-5-4-11(8-16)13(15)7-12/h3-7,18H,1-2H3. The van der Waals surface area contributed by atoms with Crippen molar-refractivity contribution < 1.29 is 4.39 Å². The fraction of sp³-hybridized carbons (Fsp3) is 0.143. The Morgan fingerprint density at radius 1 is 1.22 bits per heavy atom. The molecular weight excluding hydrogens is 229 g/mol. The number of hydrogen-bond acceptors (Lipinski definition) is 3. The van der Waals surface area contributed by atoms with Crippen LogP contribution in [0.2, 0.25) is 0 Å². The summed E-state index contributed by atoms with van der Waals surface area (Å²) in [5.74, 6) is -0.528. The van der Waals surface area contributed by atoms with Gasteiger partial charge in [0.15, 0.2) is 0 Å². The van der Waals surface area contributed by atoms with E-state index < -0.39 is 5.82 Å². The molecule has 2 aromatic rings. The summed E-state index contributed by atoms with van der Waals surface area (Å²) in [5.41, 5.74) is 3.24. The lowest BCUT2D eigenvalue weighted by Gasteiger charge is -2.09. The fourth-order valence-electron chi connectivity index (χ4n) is 1.66. The van der Waals surface area contributed by atoms with Crippen LogP contribution in [-0.2, 0) is 0 Å². The summed E-state index contributed by atoms with van der Waals surface area (Å²) >= 11 is 0. The molecule has 2 rings (SSSR count). The van der Waals surface area contributed by atoms with Crippen LogP contribution in [0.3, 0.4) is 0 Å². The smallest absolute Gasteiger partial charge is 0.143 e. The number of aromatic nitrogens is 1. The van der Waals surface area contributed by atoms with Crippen molar-refractivity contribution >= 4 is 11.4 Å². The summed E-state index contributed by atoms with van der Waals surface area (Å²) < 4.78 is 13.4. The Hall–Kier alpha value is -2.41. The number of nitrogens with zero attached hydrogens (tertiary/aromatic N) is 2. The zero-order valence-corrected chi connectivity index (χ0v) is 10.2. The van der Waals surface area contributed by atoms with Gasteiger partial charge in [-0.2, -0.15) is 5.26 Å². The number of benzene rings is 1.